The number of esters is 6. The zero-order chi connectivity index (χ0) is 70.5. The van der Waals surface area contributed by atoms with Crippen molar-refractivity contribution >= 4 is 85.5 Å². The van der Waals surface area contributed by atoms with E-state index < -0.39 is 83.4 Å². The second kappa shape index (κ2) is 36.1. The molecular formula is C79H103N5O14. The minimum atomic E-state index is -1.13. The molecule has 19 heteroatoms. The third-order valence-corrected chi connectivity index (χ3v) is 18.4. The first-order valence-corrected chi connectivity index (χ1v) is 35.4. The minimum absolute atomic E-state index is 0.0305. The molecule has 0 radical (unpaired) electrons. The average Bonchev–Trinajstić information content (AvgIpc) is 1.69. The Balaban J connectivity index is 0.866. The van der Waals surface area contributed by atoms with Gasteiger partial charge in [-0.25, -0.2) is 4.79 Å². The molecule has 0 saturated heterocycles. The zero-order valence-electron chi connectivity index (χ0n) is 59.5. The normalized spacial score (nSPS) is 13.6. The molecule has 0 spiro atoms. The summed E-state index contributed by atoms with van der Waals surface area (Å²) < 4.78 is 49.5. The summed E-state index contributed by atoms with van der Waals surface area (Å²) in [6, 6.07) is 32.7. The molecular weight excluding hydrogens is 1240 g/mol. The van der Waals surface area contributed by atoms with Crippen molar-refractivity contribution in [3.8, 4) is 0 Å². The van der Waals surface area contributed by atoms with Gasteiger partial charge in [0.25, 0.3) is 0 Å². The number of ether oxygens (including phenoxy) is 7. The Bertz CT molecular complexity index is 3520. The van der Waals surface area contributed by atoms with Crippen LogP contribution in [0.15, 0.2) is 122 Å². The maximum absolute atomic E-state index is 13.8. The van der Waals surface area contributed by atoms with Crippen molar-refractivity contribution in [2.45, 2.75) is 197 Å². The van der Waals surface area contributed by atoms with Crippen molar-refractivity contribution in [1.29, 1.82) is 0 Å². The maximum Gasteiger partial charge on any atom is 0.410 e. The van der Waals surface area contributed by atoms with Gasteiger partial charge < -0.3 is 56.3 Å². The summed E-state index contributed by atoms with van der Waals surface area (Å²) in [6.07, 6.45) is 10.0. The van der Waals surface area contributed by atoms with Crippen molar-refractivity contribution in [3.63, 3.8) is 0 Å². The van der Waals surface area contributed by atoms with Crippen molar-refractivity contribution in [1.82, 2.24) is 23.2 Å². The standard InChI is InChI=1S/C79H103N5O14/c1-12-80-46-58(64-26-16-20-30-68(64)80)40-36-54(5)74(87)92-50-62(51-93-75(88)55(6)37-41-59-47-81(13-2)69-31-21-17-27-65(59)69)96-72(85)34-24-44-84(78(91)98-79(9,10)11)45-25-35-73(86)97-63(52-94-76(89)56(7)38-42-60-48-82(14-3)70-32-22-18-28-66(60)70)53-95-77(90)57(8)39-43-61-49-83(15-4)71-33-23-19-29-67(61)71/h16-23,26-33,46-49,54-57,62-63H,12-15,24-25,34-45,50-53H2,1-11H3. The molecule has 8 rings (SSSR count). The van der Waals surface area contributed by atoms with Crippen LogP contribution in [0.5, 0.6) is 0 Å². The van der Waals surface area contributed by atoms with Crippen LogP contribution in [0.4, 0.5) is 4.79 Å². The maximum atomic E-state index is 13.8. The summed E-state index contributed by atoms with van der Waals surface area (Å²) in [5.74, 6) is -5.28. The van der Waals surface area contributed by atoms with Crippen LogP contribution in [-0.4, -0.2) is 122 Å². The van der Waals surface area contributed by atoms with Crippen LogP contribution >= 0.6 is 0 Å². The van der Waals surface area contributed by atoms with Crippen LogP contribution in [0.3, 0.4) is 0 Å². The Hall–Kier alpha value is -8.87. The highest BCUT2D eigenvalue weighted by Gasteiger charge is 2.29. The van der Waals surface area contributed by atoms with E-state index in [1.807, 2.05) is 48.5 Å². The summed E-state index contributed by atoms with van der Waals surface area (Å²) in [6.45, 7) is 22.6. The number of para-hydroxylation sites is 4. The number of hydrogen-bond donors (Lipinski definition) is 0. The molecule has 0 N–H and O–H groups in total. The van der Waals surface area contributed by atoms with Crippen LogP contribution < -0.4 is 0 Å². The largest absolute Gasteiger partial charge is 0.461 e. The molecule has 19 nitrogen and oxygen atoms in total. The fraction of sp³-hybridized carbons (Fsp3) is 0.506. The number of carbonyl (C=O) groups excluding carboxylic acids is 7. The Morgan fingerprint density at radius 3 is 0.898 bits per heavy atom. The molecule has 4 atom stereocenters. The van der Waals surface area contributed by atoms with Gasteiger partial charge in [-0.15, -0.1) is 0 Å². The number of hydrogen-bond acceptors (Lipinski definition) is 14. The predicted octanol–water partition coefficient (Wildman–Crippen LogP) is 14.8. The summed E-state index contributed by atoms with van der Waals surface area (Å²) in [7, 11) is 0. The van der Waals surface area contributed by atoms with E-state index in [1.54, 1.807) is 48.5 Å². The Labute approximate surface area is 577 Å². The average molecular weight is 1350 g/mol. The molecule has 0 saturated carbocycles. The lowest BCUT2D eigenvalue weighted by Gasteiger charge is -2.27. The number of rotatable bonds is 38. The van der Waals surface area contributed by atoms with E-state index in [1.165, 1.54) is 4.90 Å². The number of carbonyl (C=O) groups is 7. The van der Waals surface area contributed by atoms with Crippen molar-refractivity contribution < 1.29 is 66.7 Å². The molecule has 0 bridgehead atoms. The molecule has 0 aliphatic rings. The van der Waals surface area contributed by atoms with Crippen LogP contribution in [0.25, 0.3) is 43.6 Å². The van der Waals surface area contributed by atoms with Crippen molar-refractivity contribution in [2.24, 2.45) is 23.7 Å². The van der Waals surface area contributed by atoms with E-state index in [0.717, 1.165) is 92.0 Å². The van der Waals surface area contributed by atoms with Crippen LogP contribution in [0.2, 0.25) is 0 Å². The van der Waals surface area contributed by atoms with Crippen LogP contribution in [-0.2, 0) is 114 Å². The molecule has 4 aromatic heterocycles. The molecule has 4 heterocycles. The highest BCUT2D eigenvalue weighted by Crippen LogP contribution is 2.29. The lowest BCUT2D eigenvalue weighted by atomic mass is 10.0. The number of amides is 1. The van der Waals surface area contributed by atoms with Gasteiger partial charge in [-0.05, 0) is 159 Å². The monoisotopic (exact) mass is 1350 g/mol. The SMILES string of the molecule is CCn1cc(CCC(C)C(=O)OCC(COC(=O)C(C)CCc2cn(CC)c3ccccc23)OC(=O)CCCN(CCCC(=O)OC(COC(=O)C(C)CCc2cn(CC)c3ccccc23)COC(=O)C(C)CCc2cn(CC)c3ccccc23)C(=O)OC(C)(C)C)c2ccccc21. The molecule has 1 amide bonds. The predicted molar refractivity (Wildman–Crippen MR) is 380 cm³/mol. The van der Waals surface area contributed by atoms with E-state index >= 15 is 0 Å². The summed E-state index contributed by atoms with van der Waals surface area (Å²) >= 11 is 0. The molecule has 528 valence electrons. The first-order chi connectivity index (χ1) is 47.1. The van der Waals surface area contributed by atoms with Crippen LogP contribution in [0.1, 0.15) is 150 Å². The van der Waals surface area contributed by atoms with E-state index in [-0.39, 0.29) is 65.2 Å². The van der Waals surface area contributed by atoms with Crippen molar-refractivity contribution in [2.75, 3.05) is 39.5 Å². The Morgan fingerprint density at radius 1 is 0.398 bits per heavy atom. The Kier molecular flexibility index (Phi) is 27.6. The van der Waals surface area contributed by atoms with Gasteiger partial charge in [-0.3, -0.25) is 28.8 Å². The van der Waals surface area contributed by atoms with Crippen LogP contribution in [0, 0.1) is 23.7 Å². The number of benzene rings is 4. The van der Waals surface area contributed by atoms with Gasteiger partial charge in [0.15, 0.2) is 12.2 Å². The van der Waals surface area contributed by atoms with E-state index in [9.17, 15) is 33.6 Å². The van der Waals surface area contributed by atoms with E-state index in [2.05, 4.69) is 119 Å². The highest BCUT2D eigenvalue weighted by molar-refractivity contribution is 5.87. The number of aryl methyl sites for hydroxylation is 8. The van der Waals surface area contributed by atoms with Gasteiger partial charge >= 0.3 is 41.9 Å². The fourth-order valence-electron chi connectivity index (χ4n) is 12.5. The molecule has 4 unspecified atom stereocenters. The van der Waals surface area contributed by atoms with E-state index in [0.29, 0.717) is 51.4 Å². The topological polar surface area (TPSA) is 207 Å². The highest BCUT2D eigenvalue weighted by atomic mass is 16.6. The fourth-order valence-corrected chi connectivity index (χ4v) is 12.5. The molecule has 98 heavy (non-hydrogen) atoms. The van der Waals surface area contributed by atoms with Crippen molar-refractivity contribution in [3.05, 3.63) is 144 Å². The lowest BCUT2D eigenvalue weighted by molar-refractivity contribution is -0.169. The zero-order valence-corrected chi connectivity index (χ0v) is 59.5. The molecule has 0 fully saturated rings. The number of aromatic nitrogens is 4. The Morgan fingerprint density at radius 2 is 0.653 bits per heavy atom. The van der Waals surface area contributed by atoms with Gasteiger partial charge in [-0.2, -0.15) is 0 Å². The third-order valence-electron chi connectivity index (χ3n) is 18.4. The van der Waals surface area contributed by atoms with Gasteiger partial charge in [0.05, 0.1) is 23.7 Å². The summed E-state index contributed by atoms with van der Waals surface area (Å²) in [5, 5.41) is 4.53. The van der Waals surface area contributed by atoms with Gasteiger partial charge in [0.2, 0.25) is 0 Å². The van der Waals surface area contributed by atoms with Gasteiger partial charge in [0.1, 0.15) is 32.0 Å². The first kappa shape index (κ1) is 74.9. The second-order valence-electron chi connectivity index (χ2n) is 27.0. The smallest absolute Gasteiger partial charge is 0.410 e. The minimum Gasteiger partial charge on any atom is -0.461 e. The molecule has 0 aliphatic heterocycles. The van der Waals surface area contributed by atoms with Gasteiger partial charge in [0, 0.05) is 121 Å². The first-order valence-electron chi connectivity index (χ1n) is 35.4. The van der Waals surface area contributed by atoms with E-state index in [4.69, 9.17) is 33.2 Å². The molecule has 4 aromatic carbocycles. The lowest BCUT2D eigenvalue weighted by Crippen LogP contribution is -2.38. The molecule has 8 aromatic rings. The summed E-state index contributed by atoms with van der Waals surface area (Å²) in [4.78, 5) is 97.1. The van der Waals surface area contributed by atoms with Gasteiger partial charge in [-0.1, -0.05) is 100 Å². The third kappa shape index (κ3) is 20.8. The number of fused-ring (bicyclic) bond motifs is 4. The number of nitrogens with zero attached hydrogens (tertiary/aromatic N) is 5. The summed E-state index contributed by atoms with van der Waals surface area (Å²) in [5.41, 5.74) is 8.15. The second-order valence-corrected chi connectivity index (χ2v) is 27.0. The molecule has 0 aliphatic carbocycles. The quantitative estimate of drug-likeness (QED) is 0.0261.